The van der Waals surface area contributed by atoms with Gasteiger partial charge in [-0.1, -0.05) is 27.4 Å². The summed E-state index contributed by atoms with van der Waals surface area (Å²) in [6.45, 7) is 5.75. The lowest BCUT2D eigenvalue weighted by molar-refractivity contribution is -0.501. The predicted octanol–water partition coefficient (Wildman–Crippen LogP) is 3.05. The molecule has 0 aromatic heterocycles. The van der Waals surface area contributed by atoms with Gasteiger partial charge in [-0.25, -0.2) is 4.79 Å². The van der Waals surface area contributed by atoms with Crippen molar-refractivity contribution in [2.24, 2.45) is 5.41 Å². The quantitative estimate of drug-likeness (QED) is 0.463. The van der Waals surface area contributed by atoms with Gasteiger partial charge in [0.25, 0.3) is 0 Å². The normalized spacial score (nSPS) is 33.0. The van der Waals surface area contributed by atoms with Gasteiger partial charge in [-0.2, -0.15) is 30.7 Å². The van der Waals surface area contributed by atoms with Crippen molar-refractivity contribution < 1.29 is 50.1 Å². The maximum atomic E-state index is 14.4. The zero-order chi connectivity index (χ0) is 19.4. The van der Waals surface area contributed by atoms with Gasteiger partial charge in [0.05, 0.1) is 0 Å². The van der Waals surface area contributed by atoms with Gasteiger partial charge >= 0.3 is 29.8 Å². The van der Waals surface area contributed by atoms with Gasteiger partial charge in [-0.05, 0) is 5.41 Å². The number of carbonyl (C=O) groups excluding carboxylic acids is 1. The molecule has 1 aliphatic heterocycles. The molecule has 1 fully saturated rings. The van der Waals surface area contributed by atoms with Gasteiger partial charge in [0, 0.05) is 6.08 Å². The molecule has 1 aliphatic rings. The molecule has 1 rings (SSSR count). The summed E-state index contributed by atoms with van der Waals surface area (Å²) in [5.41, 5.74) is -1.82. The lowest BCUT2D eigenvalue weighted by Gasteiger charge is -2.52. The lowest BCUT2D eigenvalue weighted by Crippen LogP contribution is -2.77. The maximum absolute atomic E-state index is 14.4. The summed E-state index contributed by atoms with van der Waals surface area (Å²) in [6, 6.07) is 0. The second-order valence-electron chi connectivity index (χ2n) is 6.32. The molecule has 1 heterocycles. The Balaban J connectivity index is 3.61. The summed E-state index contributed by atoms with van der Waals surface area (Å²) in [4.78, 5) is 11.1. The third kappa shape index (κ3) is 2.99. The Labute approximate surface area is 132 Å². The fourth-order valence-electron chi connectivity index (χ4n) is 2.21. The van der Waals surface area contributed by atoms with Gasteiger partial charge in [0.1, 0.15) is 6.10 Å². The van der Waals surface area contributed by atoms with Crippen molar-refractivity contribution in [1.29, 1.82) is 0 Å². The zero-order valence-corrected chi connectivity index (χ0v) is 12.8. The van der Waals surface area contributed by atoms with Crippen LogP contribution in [0.3, 0.4) is 0 Å². The lowest BCUT2D eigenvalue weighted by atomic mass is 9.78. The molecule has 1 N–H and O–H groups in total. The zero-order valence-electron chi connectivity index (χ0n) is 12.8. The molecular formula is C13H15F7O4. The highest BCUT2D eigenvalue weighted by molar-refractivity contribution is 5.81. The van der Waals surface area contributed by atoms with Crippen molar-refractivity contribution in [3.63, 3.8) is 0 Å². The summed E-state index contributed by atoms with van der Waals surface area (Å²) in [5.74, 6) is -17.5. The minimum atomic E-state index is -6.14. The van der Waals surface area contributed by atoms with Crippen molar-refractivity contribution in [1.82, 2.24) is 0 Å². The number of halogens is 7. The van der Waals surface area contributed by atoms with Gasteiger partial charge < -0.3 is 14.6 Å². The molecule has 3 atom stereocenters. The van der Waals surface area contributed by atoms with E-state index in [-0.39, 0.29) is 6.08 Å². The van der Waals surface area contributed by atoms with Crippen LogP contribution in [0.5, 0.6) is 0 Å². The fourth-order valence-corrected chi connectivity index (χ4v) is 2.21. The maximum Gasteiger partial charge on any atom is 0.449 e. The number of hydrogen-bond acceptors (Lipinski definition) is 4. The number of ether oxygens (including phenoxy) is 2. The number of rotatable bonds is 2. The molecule has 0 aromatic rings. The van der Waals surface area contributed by atoms with Crippen LogP contribution in [0.4, 0.5) is 30.7 Å². The monoisotopic (exact) mass is 368 g/mol. The van der Waals surface area contributed by atoms with Crippen LogP contribution in [0.25, 0.3) is 0 Å². The van der Waals surface area contributed by atoms with E-state index in [0.29, 0.717) is 0 Å². The number of esters is 1. The predicted molar refractivity (Wildman–Crippen MR) is 65.3 cm³/mol. The molecular weight excluding hydrogens is 353 g/mol. The second-order valence-corrected chi connectivity index (χ2v) is 6.32. The molecule has 3 unspecified atom stereocenters. The first kappa shape index (κ1) is 20.7. The van der Waals surface area contributed by atoms with Crippen LogP contribution in [0.2, 0.25) is 0 Å². The first-order valence-electron chi connectivity index (χ1n) is 6.48. The Morgan fingerprint density at radius 2 is 1.67 bits per heavy atom. The Kier molecular flexibility index (Phi) is 4.81. The Hall–Kier alpha value is -1.36. The van der Waals surface area contributed by atoms with E-state index in [9.17, 15) is 40.6 Å². The fraction of sp³-hybridized carbons (Fsp3) is 0.769. The standard InChI is InChI=1S/C13H15F7O4/c1-5-6(21)23-8-10(14,15)7(9(2,3)4)24-12(22,11(8,16)17)13(18,19)20/h5,7-8,22H,1H2,2-4H3. The van der Waals surface area contributed by atoms with Crippen LogP contribution in [-0.2, 0) is 14.3 Å². The van der Waals surface area contributed by atoms with Crippen molar-refractivity contribution >= 4 is 5.97 Å². The summed E-state index contributed by atoms with van der Waals surface area (Å²) in [5, 5.41) is 9.41. The van der Waals surface area contributed by atoms with Gasteiger partial charge in [-0.3, -0.25) is 0 Å². The van der Waals surface area contributed by atoms with Gasteiger partial charge in [-0.15, -0.1) is 0 Å². The van der Waals surface area contributed by atoms with Crippen molar-refractivity contribution in [3.8, 4) is 0 Å². The Bertz CT molecular complexity index is 523. The highest BCUT2D eigenvalue weighted by Crippen LogP contribution is 2.57. The average Bonchev–Trinajstić information content (AvgIpc) is 2.36. The van der Waals surface area contributed by atoms with Crippen molar-refractivity contribution in [2.75, 3.05) is 0 Å². The van der Waals surface area contributed by atoms with Crippen LogP contribution >= 0.6 is 0 Å². The summed E-state index contributed by atoms with van der Waals surface area (Å²) >= 11 is 0. The van der Waals surface area contributed by atoms with Crippen LogP contribution in [-0.4, -0.2) is 47.1 Å². The SMILES string of the molecule is C=CC(=O)OC1C(F)(F)C(C(C)(C)C)OC(O)(C(F)(F)F)C1(F)F. The summed E-state index contributed by atoms with van der Waals surface area (Å²) in [6.07, 6.45) is -12.7. The largest absolute Gasteiger partial charge is 0.449 e. The Morgan fingerprint density at radius 3 is 2.00 bits per heavy atom. The van der Waals surface area contributed by atoms with Crippen molar-refractivity contribution in [2.45, 2.75) is 56.8 Å². The van der Waals surface area contributed by atoms with E-state index >= 15 is 0 Å². The van der Waals surface area contributed by atoms with Gasteiger partial charge in [0.15, 0.2) is 0 Å². The van der Waals surface area contributed by atoms with E-state index in [4.69, 9.17) is 0 Å². The highest BCUT2D eigenvalue weighted by atomic mass is 19.4. The molecule has 0 spiro atoms. The molecule has 1 saturated heterocycles. The van der Waals surface area contributed by atoms with Gasteiger partial charge in [0.2, 0.25) is 6.10 Å². The number of aliphatic hydroxyl groups is 1. The van der Waals surface area contributed by atoms with E-state index in [1.54, 1.807) is 0 Å². The third-order valence-electron chi connectivity index (χ3n) is 3.34. The smallest absolute Gasteiger partial charge is 0.446 e. The van der Waals surface area contributed by atoms with E-state index in [0.717, 1.165) is 20.8 Å². The molecule has 0 saturated carbocycles. The molecule has 4 nitrogen and oxygen atoms in total. The topological polar surface area (TPSA) is 55.8 Å². The van der Waals surface area contributed by atoms with Crippen LogP contribution in [0, 0.1) is 5.41 Å². The molecule has 0 aromatic carbocycles. The molecule has 0 bridgehead atoms. The number of alkyl halides is 7. The second kappa shape index (κ2) is 5.58. The summed E-state index contributed by atoms with van der Waals surface area (Å²) < 4.78 is 103. The van der Waals surface area contributed by atoms with Crippen LogP contribution < -0.4 is 0 Å². The van der Waals surface area contributed by atoms with E-state index < -0.39 is 47.4 Å². The number of hydrogen-bond donors (Lipinski definition) is 1. The molecule has 24 heavy (non-hydrogen) atoms. The highest BCUT2D eigenvalue weighted by Gasteiger charge is 2.84. The number of carbonyl (C=O) groups is 1. The molecule has 140 valence electrons. The first-order valence-corrected chi connectivity index (χ1v) is 6.48. The molecule has 0 amide bonds. The molecule has 0 aliphatic carbocycles. The molecule has 11 heteroatoms. The first-order chi connectivity index (χ1) is 10.4. The van der Waals surface area contributed by atoms with E-state index in [2.05, 4.69) is 16.1 Å². The minimum Gasteiger partial charge on any atom is -0.446 e. The third-order valence-corrected chi connectivity index (χ3v) is 3.34. The minimum absolute atomic E-state index is 0.223. The van der Waals surface area contributed by atoms with Crippen LogP contribution in [0.1, 0.15) is 20.8 Å². The van der Waals surface area contributed by atoms with E-state index in [1.165, 1.54) is 0 Å². The van der Waals surface area contributed by atoms with Crippen LogP contribution in [0.15, 0.2) is 12.7 Å². The summed E-state index contributed by atoms with van der Waals surface area (Å²) in [7, 11) is 0. The average molecular weight is 368 g/mol. The molecule has 0 radical (unpaired) electrons. The van der Waals surface area contributed by atoms with E-state index in [1.807, 2.05) is 0 Å². The van der Waals surface area contributed by atoms with Crippen molar-refractivity contribution in [3.05, 3.63) is 12.7 Å². The Morgan fingerprint density at radius 1 is 1.21 bits per heavy atom.